The zero-order valence-corrected chi connectivity index (χ0v) is 16.6. The van der Waals surface area contributed by atoms with Crippen molar-refractivity contribution in [2.24, 2.45) is 0 Å². The van der Waals surface area contributed by atoms with Crippen molar-refractivity contribution in [2.45, 2.75) is 6.92 Å². The highest BCUT2D eigenvalue weighted by atomic mass is 16.5. The molecule has 0 aliphatic rings. The Kier molecular flexibility index (Phi) is 5.16. The monoisotopic (exact) mass is 386 g/mol. The zero-order chi connectivity index (χ0) is 20.2. The minimum absolute atomic E-state index is 0.474. The molecule has 146 valence electrons. The molecular weight excluding hydrogens is 364 g/mol. The number of methoxy groups -OCH3 is 2. The van der Waals surface area contributed by atoms with Crippen molar-refractivity contribution in [1.82, 2.24) is 9.97 Å². The maximum Gasteiger partial charge on any atom is 0.229 e. The van der Waals surface area contributed by atoms with Crippen LogP contribution in [0.5, 0.6) is 11.5 Å². The van der Waals surface area contributed by atoms with Crippen LogP contribution < -0.4 is 20.1 Å². The van der Waals surface area contributed by atoms with Gasteiger partial charge >= 0.3 is 0 Å². The van der Waals surface area contributed by atoms with E-state index in [0.29, 0.717) is 17.4 Å². The number of anilines is 4. The van der Waals surface area contributed by atoms with E-state index in [0.717, 1.165) is 28.1 Å². The minimum atomic E-state index is 0.474. The van der Waals surface area contributed by atoms with Gasteiger partial charge in [-0.25, -0.2) is 4.98 Å². The average Bonchev–Trinajstić information content (AvgIpc) is 2.75. The van der Waals surface area contributed by atoms with Gasteiger partial charge in [-0.2, -0.15) is 4.98 Å². The number of benzene rings is 3. The molecule has 29 heavy (non-hydrogen) atoms. The molecule has 0 fully saturated rings. The summed E-state index contributed by atoms with van der Waals surface area (Å²) in [4.78, 5) is 9.37. The molecule has 2 N–H and O–H groups in total. The molecule has 0 aliphatic heterocycles. The summed E-state index contributed by atoms with van der Waals surface area (Å²) in [5.41, 5.74) is 3.77. The lowest BCUT2D eigenvalue weighted by Crippen LogP contribution is -2.03. The third-order valence-corrected chi connectivity index (χ3v) is 4.57. The standard InChI is InChI=1S/C23H22N4O2/c1-15-8-10-16(11-9-15)24-22-18-6-4-5-7-19(18)25-23(27-22)26-20-13-12-17(28-2)14-21(20)29-3/h4-14H,1-3H3,(H2,24,25,26,27). The first-order valence-corrected chi connectivity index (χ1v) is 9.26. The van der Waals surface area contributed by atoms with Crippen LogP contribution in [-0.2, 0) is 0 Å². The van der Waals surface area contributed by atoms with Crippen molar-refractivity contribution in [2.75, 3.05) is 24.9 Å². The summed E-state index contributed by atoms with van der Waals surface area (Å²) in [6, 6.07) is 21.7. The van der Waals surface area contributed by atoms with Crippen LogP contribution in [0.3, 0.4) is 0 Å². The lowest BCUT2D eigenvalue weighted by atomic mass is 10.2. The van der Waals surface area contributed by atoms with E-state index >= 15 is 0 Å². The lowest BCUT2D eigenvalue weighted by Gasteiger charge is -2.14. The number of fused-ring (bicyclic) bond motifs is 1. The van der Waals surface area contributed by atoms with Gasteiger partial charge in [0, 0.05) is 17.1 Å². The van der Waals surface area contributed by atoms with Gasteiger partial charge in [-0.15, -0.1) is 0 Å². The molecular formula is C23H22N4O2. The van der Waals surface area contributed by atoms with Gasteiger partial charge < -0.3 is 20.1 Å². The summed E-state index contributed by atoms with van der Waals surface area (Å²) in [5.74, 6) is 2.57. The van der Waals surface area contributed by atoms with Crippen LogP contribution >= 0.6 is 0 Å². The van der Waals surface area contributed by atoms with E-state index < -0.39 is 0 Å². The molecule has 1 aromatic heterocycles. The molecule has 1 heterocycles. The number of hydrogen-bond acceptors (Lipinski definition) is 6. The predicted molar refractivity (Wildman–Crippen MR) is 117 cm³/mol. The van der Waals surface area contributed by atoms with E-state index in [4.69, 9.17) is 14.5 Å². The maximum atomic E-state index is 5.47. The van der Waals surface area contributed by atoms with Crippen molar-refractivity contribution in [3.05, 3.63) is 72.3 Å². The molecule has 0 bridgehead atoms. The highest BCUT2D eigenvalue weighted by Gasteiger charge is 2.11. The number of para-hydroxylation sites is 1. The Labute approximate surface area is 169 Å². The van der Waals surface area contributed by atoms with E-state index in [1.807, 2.05) is 54.6 Å². The second-order valence-electron chi connectivity index (χ2n) is 6.60. The molecule has 0 amide bonds. The van der Waals surface area contributed by atoms with Crippen molar-refractivity contribution in [3.8, 4) is 11.5 Å². The Morgan fingerprint density at radius 1 is 0.793 bits per heavy atom. The highest BCUT2D eigenvalue weighted by Crippen LogP contribution is 2.32. The summed E-state index contributed by atoms with van der Waals surface area (Å²) in [5, 5.41) is 7.61. The van der Waals surface area contributed by atoms with Crippen LogP contribution in [0.2, 0.25) is 0 Å². The Hall–Kier alpha value is -3.80. The lowest BCUT2D eigenvalue weighted by molar-refractivity contribution is 0.395. The maximum absolute atomic E-state index is 5.47. The Balaban J connectivity index is 1.73. The molecule has 0 aliphatic carbocycles. The number of rotatable bonds is 6. The minimum Gasteiger partial charge on any atom is -0.497 e. The quantitative estimate of drug-likeness (QED) is 0.460. The van der Waals surface area contributed by atoms with Gasteiger partial charge in [0.05, 0.1) is 25.4 Å². The Morgan fingerprint density at radius 3 is 2.34 bits per heavy atom. The average molecular weight is 386 g/mol. The molecule has 6 nitrogen and oxygen atoms in total. The second-order valence-corrected chi connectivity index (χ2v) is 6.60. The van der Waals surface area contributed by atoms with E-state index in [1.54, 1.807) is 14.2 Å². The number of ether oxygens (including phenoxy) is 2. The molecule has 0 atom stereocenters. The number of nitrogens with one attached hydrogen (secondary N) is 2. The molecule has 0 spiro atoms. The molecule has 0 radical (unpaired) electrons. The van der Waals surface area contributed by atoms with Crippen LogP contribution in [0.4, 0.5) is 23.1 Å². The van der Waals surface area contributed by atoms with Gasteiger partial charge in [-0.05, 0) is 43.3 Å². The highest BCUT2D eigenvalue weighted by molar-refractivity contribution is 5.92. The van der Waals surface area contributed by atoms with Crippen molar-refractivity contribution in [1.29, 1.82) is 0 Å². The van der Waals surface area contributed by atoms with E-state index in [2.05, 4.69) is 34.7 Å². The van der Waals surface area contributed by atoms with E-state index in [1.165, 1.54) is 5.56 Å². The summed E-state index contributed by atoms with van der Waals surface area (Å²) in [7, 11) is 3.24. The van der Waals surface area contributed by atoms with Gasteiger partial charge in [0.1, 0.15) is 17.3 Å². The van der Waals surface area contributed by atoms with Crippen LogP contribution in [0.1, 0.15) is 5.56 Å². The smallest absolute Gasteiger partial charge is 0.229 e. The first-order valence-electron chi connectivity index (χ1n) is 9.26. The van der Waals surface area contributed by atoms with Gasteiger partial charge in [0.2, 0.25) is 5.95 Å². The Bertz CT molecular complexity index is 1140. The summed E-state index contributed by atoms with van der Waals surface area (Å²) in [6.07, 6.45) is 0. The van der Waals surface area contributed by atoms with Gasteiger partial charge in [-0.1, -0.05) is 29.8 Å². The van der Waals surface area contributed by atoms with Crippen molar-refractivity contribution < 1.29 is 9.47 Å². The molecule has 4 rings (SSSR count). The first kappa shape index (κ1) is 18.6. The summed E-state index contributed by atoms with van der Waals surface area (Å²) < 4.78 is 10.7. The van der Waals surface area contributed by atoms with Crippen LogP contribution in [0, 0.1) is 6.92 Å². The van der Waals surface area contributed by atoms with Crippen molar-refractivity contribution in [3.63, 3.8) is 0 Å². The third-order valence-electron chi connectivity index (χ3n) is 4.57. The third kappa shape index (κ3) is 4.06. The zero-order valence-electron chi connectivity index (χ0n) is 16.6. The molecule has 0 unspecified atom stereocenters. The molecule has 6 heteroatoms. The molecule has 3 aromatic carbocycles. The Morgan fingerprint density at radius 2 is 1.59 bits per heavy atom. The van der Waals surface area contributed by atoms with Crippen LogP contribution in [-0.4, -0.2) is 24.2 Å². The van der Waals surface area contributed by atoms with Crippen molar-refractivity contribution >= 4 is 34.0 Å². The number of nitrogens with zero attached hydrogens (tertiary/aromatic N) is 2. The molecule has 0 saturated carbocycles. The number of aryl methyl sites for hydroxylation is 1. The SMILES string of the molecule is COc1ccc(Nc2nc(Nc3ccc(C)cc3)c3ccccc3n2)c(OC)c1. The topological polar surface area (TPSA) is 68.3 Å². The van der Waals surface area contributed by atoms with Gasteiger partial charge in [0.25, 0.3) is 0 Å². The van der Waals surface area contributed by atoms with Crippen LogP contribution in [0.15, 0.2) is 66.7 Å². The number of aromatic nitrogens is 2. The van der Waals surface area contributed by atoms with Gasteiger partial charge in [-0.3, -0.25) is 0 Å². The molecule has 0 saturated heterocycles. The summed E-state index contributed by atoms with van der Waals surface area (Å²) >= 11 is 0. The number of hydrogen-bond donors (Lipinski definition) is 2. The van der Waals surface area contributed by atoms with Crippen LogP contribution in [0.25, 0.3) is 10.9 Å². The fourth-order valence-electron chi connectivity index (χ4n) is 3.02. The predicted octanol–water partition coefficient (Wildman–Crippen LogP) is 5.44. The normalized spacial score (nSPS) is 10.6. The fraction of sp³-hybridized carbons (Fsp3) is 0.130. The summed E-state index contributed by atoms with van der Waals surface area (Å²) in [6.45, 7) is 2.06. The largest absolute Gasteiger partial charge is 0.497 e. The second kappa shape index (κ2) is 8.06. The van der Waals surface area contributed by atoms with E-state index in [-0.39, 0.29) is 0 Å². The van der Waals surface area contributed by atoms with Gasteiger partial charge in [0.15, 0.2) is 0 Å². The fourth-order valence-corrected chi connectivity index (χ4v) is 3.02. The first-order chi connectivity index (χ1) is 14.2. The van der Waals surface area contributed by atoms with E-state index in [9.17, 15) is 0 Å². The molecule has 4 aromatic rings.